The Labute approximate surface area is 102 Å². The Morgan fingerprint density at radius 2 is 2.06 bits per heavy atom. The van der Waals surface area contributed by atoms with Gasteiger partial charge in [-0.3, -0.25) is 9.59 Å². The first kappa shape index (κ1) is 15.9. The molecule has 0 heterocycles. The molecule has 0 aliphatic heterocycles. The van der Waals surface area contributed by atoms with Crippen LogP contribution in [-0.4, -0.2) is 42.3 Å². The second-order valence-corrected chi connectivity index (χ2v) is 3.82. The Kier molecular flexibility index (Phi) is 8.35. The van der Waals surface area contributed by atoms with Gasteiger partial charge in [0.2, 0.25) is 5.91 Å². The van der Waals surface area contributed by atoms with Crippen LogP contribution in [0.5, 0.6) is 0 Å². The summed E-state index contributed by atoms with van der Waals surface area (Å²) >= 11 is 0. The van der Waals surface area contributed by atoms with Crippen molar-refractivity contribution in [2.75, 3.05) is 13.2 Å². The number of carbonyl (C=O) groups excluding carboxylic acids is 1. The molecular formula is C11H22N2O4. The van der Waals surface area contributed by atoms with Gasteiger partial charge in [-0.2, -0.15) is 0 Å². The normalized spacial score (nSPS) is 14.1. The number of carbonyl (C=O) groups is 2. The number of amides is 1. The SMILES string of the molecule is CCCC(N)C(=O)NCC(CC(=O)O)OCC. The molecule has 0 aromatic heterocycles. The fourth-order valence-corrected chi connectivity index (χ4v) is 1.41. The molecule has 100 valence electrons. The molecule has 0 aromatic rings. The van der Waals surface area contributed by atoms with E-state index in [1.54, 1.807) is 6.92 Å². The first-order valence-corrected chi connectivity index (χ1v) is 5.87. The van der Waals surface area contributed by atoms with Gasteiger partial charge in [0.15, 0.2) is 0 Å². The molecule has 0 radical (unpaired) electrons. The Hall–Kier alpha value is -1.14. The van der Waals surface area contributed by atoms with E-state index in [2.05, 4.69) is 5.32 Å². The molecule has 1 amide bonds. The lowest BCUT2D eigenvalue weighted by atomic mass is 10.1. The maximum absolute atomic E-state index is 11.5. The zero-order valence-electron chi connectivity index (χ0n) is 10.4. The summed E-state index contributed by atoms with van der Waals surface area (Å²) in [5.74, 6) is -1.21. The number of hydrogen-bond donors (Lipinski definition) is 3. The molecule has 0 aliphatic carbocycles. The van der Waals surface area contributed by atoms with Crippen LogP contribution in [0.15, 0.2) is 0 Å². The molecule has 6 heteroatoms. The molecule has 4 N–H and O–H groups in total. The van der Waals surface area contributed by atoms with E-state index >= 15 is 0 Å². The van der Waals surface area contributed by atoms with E-state index in [1.165, 1.54) is 0 Å². The van der Waals surface area contributed by atoms with E-state index in [1.807, 2.05) is 6.92 Å². The highest BCUT2D eigenvalue weighted by atomic mass is 16.5. The average Bonchev–Trinajstić information content (AvgIpc) is 2.25. The predicted octanol–water partition coefficient (Wildman–Crippen LogP) is 0.110. The van der Waals surface area contributed by atoms with Crippen molar-refractivity contribution in [3.63, 3.8) is 0 Å². The highest BCUT2D eigenvalue weighted by Crippen LogP contribution is 1.99. The summed E-state index contributed by atoms with van der Waals surface area (Å²) in [4.78, 5) is 22.0. The molecular weight excluding hydrogens is 224 g/mol. The minimum atomic E-state index is -0.949. The highest BCUT2D eigenvalue weighted by molar-refractivity contribution is 5.81. The molecule has 0 aromatic carbocycles. The molecule has 0 spiro atoms. The molecule has 2 atom stereocenters. The van der Waals surface area contributed by atoms with Crippen molar-refractivity contribution in [2.45, 2.75) is 45.3 Å². The molecule has 0 saturated carbocycles. The number of nitrogens with two attached hydrogens (primary N) is 1. The van der Waals surface area contributed by atoms with Gasteiger partial charge >= 0.3 is 5.97 Å². The lowest BCUT2D eigenvalue weighted by molar-refractivity contribution is -0.140. The average molecular weight is 246 g/mol. The number of rotatable bonds is 9. The standard InChI is InChI=1S/C11H22N2O4/c1-3-5-9(12)11(16)13-7-8(17-4-2)6-10(14)15/h8-9H,3-7,12H2,1-2H3,(H,13,16)(H,14,15). The Morgan fingerprint density at radius 3 is 2.53 bits per heavy atom. The predicted molar refractivity (Wildman–Crippen MR) is 63.6 cm³/mol. The highest BCUT2D eigenvalue weighted by Gasteiger charge is 2.17. The van der Waals surface area contributed by atoms with Crippen LogP contribution in [0.2, 0.25) is 0 Å². The van der Waals surface area contributed by atoms with Crippen LogP contribution in [0.4, 0.5) is 0 Å². The van der Waals surface area contributed by atoms with Crippen LogP contribution in [0.1, 0.15) is 33.1 Å². The van der Waals surface area contributed by atoms with Gasteiger partial charge in [0.05, 0.1) is 18.6 Å². The van der Waals surface area contributed by atoms with Crippen LogP contribution >= 0.6 is 0 Å². The Bertz CT molecular complexity index is 246. The molecule has 2 unspecified atom stereocenters. The Morgan fingerprint density at radius 1 is 1.41 bits per heavy atom. The third kappa shape index (κ3) is 7.70. The van der Waals surface area contributed by atoms with Gasteiger partial charge in [-0.25, -0.2) is 0 Å². The summed E-state index contributed by atoms with van der Waals surface area (Å²) in [5, 5.41) is 11.3. The number of aliphatic carboxylic acids is 1. The lowest BCUT2D eigenvalue weighted by Gasteiger charge is -2.17. The second kappa shape index (κ2) is 8.95. The van der Waals surface area contributed by atoms with Gasteiger partial charge in [-0.15, -0.1) is 0 Å². The topological polar surface area (TPSA) is 102 Å². The molecule has 17 heavy (non-hydrogen) atoms. The van der Waals surface area contributed by atoms with E-state index < -0.39 is 18.1 Å². The number of carboxylic acid groups (broad SMARTS) is 1. The fraction of sp³-hybridized carbons (Fsp3) is 0.818. The number of nitrogens with one attached hydrogen (secondary N) is 1. The van der Waals surface area contributed by atoms with Crippen molar-refractivity contribution < 1.29 is 19.4 Å². The first-order valence-electron chi connectivity index (χ1n) is 5.87. The summed E-state index contributed by atoms with van der Waals surface area (Å²) in [7, 11) is 0. The molecule has 0 bridgehead atoms. The van der Waals surface area contributed by atoms with Crippen LogP contribution in [0.25, 0.3) is 0 Å². The third-order valence-electron chi connectivity index (χ3n) is 2.25. The smallest absolute Gasteiger partial charge is 0.306 e. The van der Waals surface area contributed by atoms with Gasteiger partial charge in [0.25, 0.3) is 0 Å². The number of hydrogen-bond acceptors (Lipinski definition) is 4. The van der Waals surface area contributed by atoms with Crippen molar-refractivity contribution in [2.24, 2.45) is 5.73 Å². The largest absolute Gasteiger partial charge is 0.481 e. The summed E-state index contributed by atoms with van der Waals surface area (Å²) in [6, 6.07) is -0.535. The van der Waals surface area contributed by atoms with E-state index in [-0.39, 0.29) is 18.9 Å². The van der Waals surface area contributed by atoms with Crippen LogP contribution < -0.4 is 11.1 Å². The van der Waals surface area contributed by atoms with Crippen molar-refractivity contribution >= 4 is 11.9 Å². The quantitative estimate of drug-likeness (QED) is 0.536. The monoisotopic (exact) mass is 246 g/mol. The van der Waals surface area contributed by atoms with Gasteiger partial charge in [0, 0.05) is 13.2 Å². The molecule has 0 aliphatic rings. The summed E-state index contributed by atoms with van der Waals surface area (Å²) in [5.41, 5.74) is 5.62. The maximum atomic E-state index is 11.5. The first-order chi connectivity index (χ1) is 8.01. The van der Waals surface area contributed by atoms with Crippen molar-refractivity contribution in [3.8, 4) is 0 Å². The maximum Gasteiger partial charge on any atom is 0.306 e. The van der Waals surface area contributed by atoms with E-state index in [4.69, 9.17) is 15.6 Å². The van der Waals surface area contributed by atoms with Gasteiger partial charge in [-0.1, -0.05) is 13.3 Å². The molecule has 0 saturated heterocycles. The van der Waals surface area contributed by atoms with Crippen molar-refractivity contribution in [1.82, 2.24) is 5.32 Å². The number of carboxylic acids is 1. The van der Waals surface area contributed by atoms with Gasteiger partial charge in [0.1, 0.15) is 0 Å². The van der Waals surface area contributed by atoms with E-state index in [0.717, 1.165) is 6.42 Å². The fourth-order valence-electron chi connectivity index (χ4n) is 1.41. The summed E-state index contributed by atoms with van der Waals surface area (Å²) < 4.78 is 5.21. The third-order valence-corrected chi connectivity index (χ3v) is 2.25. The molecule has 6 nitrogen and oxygen atoms in total. The van der Waals surface area contributed by atoms with Crippen LogP contribution in [0, 0.1) is 0 Å². The van der Waals surface area contributed by atoms with Crippen LogP contribution in [0.3, 0.4) is 0 Å². The zero-order valence-corrected chi connectivity index (χ0v) is 10.4. The molecule has 0 rings (SSSR count). The minimum absolute atomic E-state index is 0.128. The van der Waals surface area contributed by atoms with Crippen molar-refractivity contribution in [3.05, 3.63) is 0 Å². The van der Waals surface area contributed by atoms with Crippen molar-refractivity contribution in [1.29, 1.82) is 0 Å². The van der Waals surface area contributed by atoms with E-state index in [0.29, 0.717) is 13.0 Å². The number of ether oxygens (including phenoxy) is 1. The summed E-state index contributed by atoms with van der Waals surface area (Å²) in [6.45, 7) is 4.31. The lowest BCUT2D eigenvalue weighted by Crippen LogP contribution is -2.44. The minimum Gasteiger partial charge on any atom is -0.481 e. The molecule has 0 fully saturated rings. The van der Waals surface area contributed by atoms with E-state index in [9.17, 15) is 9.59 Å². The van der Waals surface area contributed by atoms with Crippen LogP contribution in [-0.2, 0) is 14.3 Å². The Balaban J connectivity index is 4.02. The summed E-state index contributed by atoms with van der Waals surface area (Å²) in [6.07, 6.45) is 0.815. The van der Waals surface area contributed by atoms with Gasteiger partial charge in [-0.05, 0) is 13.3 Å². The second-order valence-electron chi connectivity index (χ2n) is 3.82. The zero-order chi connectivity index (χ0) is 13.3. The van der Waals surface area contributed by atoms with Gasteiger partial charge < -0.3 is 20.9 Å².